The number of hydrogen-bond acceptors (Lipinski definition) is 6. The molecule has 0 saturated carbocycles. The van der Waals surface area contributed by atoms with Crippen LogP contribution >= 0.6 is 11.6 Å². The van der Waals surface area contributed by atoms with Crippen molar-refractivity contribution in [3.8, 4) is 11.3 Å². The highest BCUT2D eigenvalue weighted by molar-refractivity contribution is 6.30. The van der Waals surface area contributed by atoms with Crippen LogP contribution in [0.3, 0.4) is 0 Å². The second-order valence-corrected chi connectivity index (χ2v) is 11.5. The number of anilines is 1. The first-order chi connectivity index (χ1) is 16.0. The summed E-state index contributed by atoms with van der Waals surface area (Å²) >= 11 is 6.54. The monoisotopic (exact) mass is 503 g/mol. The van der Waals surface area contributed by atoms with Crippen molar-refractivity contribution in [2.24, 2.45) is 5.92 Å². The van der Waals surface area contributed by atoms with Crippen LogP contribution in [0.2, 0.25) is 5.15 Å². The normalized spacial score (nSPS) is 12.0. The minimum absolute atomic E-state index is 0.139. The van der Waals surface area contributed by atoms with E-state index in [0.29, 0.717) is 22.1 Å². The Bertz CT molecular complexity index is 1060. The molecule has 2 aromatic rings. The molecule has 8 heteroatoms. The summed E-state index contributed by atoms with van der Waals surface area (Å²) < 4.78 is 11.0. The fourth-order valence-corrected chi connectivity index (χ4v) is 3.56. The summed E-state index contributed by atoms with van der Waals surface area (Å²) in [5.41, 5.74) is 2.56. The molecular formula is C27H38ClN3O4. The first kappa shape index (κ1) is 28.6. The maximum Gasteiger partial charge on any atom is 0.427 e. The summed E-state index contributed by atoms with van der Waals surface area (Å²) in [7, 11) is 0. The molecule has 0 radical (unpaired) electrons. The molecule has 2 rings (SSSR count). The number of imide groups is 1. The highest BCUT2D eigenvalue weighted by Gasteiger charge is 2.35. The van der Waals surface area contributed by atoms with Gasteiger partial charge in [-0.25, -0.2) is 14.6 Å². The molecule has 0 N–H and O–H groups in total. The van der Waals surface area contributed by atoms with Gasteiger partial charge in [-0.3, -0.25) is 0 Å². The molecule has 0 atom stereocenters. The van der Waals surface area contributed by atoms with E-state index >= 15 is 0 Å². The minimum atomic E-state index is -0.942. The van der Waals surface area contributed by atoms with Crippen LogP contribution in [0.5, 0.6) is 0 Å². The van der Waals surface area contributed by atoms with Crippen LogP contribution in [0.15, 0.2) is 18.2 Å². The molecule has 192 valence electrons. The second kappa shape index (κ2) is 10.9. The zero-order chi connectivity index (χ0) is 26.7. The van der Waals surface area contributed by atoms with Crippen molar-refractivity contribution < 1.29 is 19.1 Å². The third kappa shape index (κ3) is 7.92. The molecule has 0 saturated heterocycles. The molecule has 0 spiro atoms. The Balaban J connectivity index is 2.71. The summed E-state index contributed by atoms with van der Waals surface area (Å²) in [6, 6.07) is 6.09. The lowest BCUT2D eigenvalue weighted by Gasteiger charge is -2.28. The molecule has 0 aliphatic heterocycles. The standard InChI is InChI=1S/C27H38ClN3O4/c1-16(2)14-15-19-13-11-12-17(3)20(19)21-18(4)22(28)30-23(29-21)31(24(32)34-26(5,6)7)25(33)35-27(8,9)10/h11-13,16H,14-15H2,1-10H3. The van der Waals surface area contributed by atoms with E-state index in [0.717, 1.165) is 29.5 Å². The molecule has 1 aromatic carbocycles. The van der Waals surface area contributed by atoms with Crippen LogP contribution in [0.25, 0.3) is 11.3 Å². The van der Waals surface area contributed by atoms with Crippen LogP contribution in [0.4, 0.5) is 15.5 Å². The van der Waals surface area contributed by atoms with E-state index in [1.807, 2.05) is 26.0 Å². The molecule has 35 heavy (non-hydrogen) atoms. The largest absolute Gasteiger partial charge is 0.443 e. The number of ether oxygens (including phenoxy) is 2. The number of nitrogens with zero attached hydrogens (tertiary/aromatic N) is 3. The van der Waals surface area contributed by atoms with Gasteiger partial charge in [0.25, 0.3) is 0 Å². The van der Waals surface area contributed by atoms with Gasteiger partial charge in [0.2, 0.25) is 5.95 Å². The number of amides is 2. The maximum atomic E-state index is 13.1. The van der Waals surface area contributed by atoms with Gasteiger partial charge in [0.1, 0.15) is 16.4 Å². The van der Waals surface area contributed by atoms with E-state index in [4.69, 9.17) is 21.1 Å². The summed E-state index contributed by atoms with van der Waals surface area (Å²) in [4.78, 5) is 35.9. The van der Waals surface area contributed by atoms with Crippen molar-refractivity contribution in [3.63, 3.8) is 0 Å². The highest BCUT2D eigenvalue weighted by atomic mass is 35.5. The predicted molar refractivity (Wildman–Crippen MR) is 140 cm³/mol. The number of halogens is 1. The Kier molecular flexibility index (Phi) is 8.93. The second-order valence-electron chi connectivity index (χ2n) is 11.1. The SMILES string of the molecule is Cc1cccc(CCC(C)C)c1-c1nc(N(C(=O)OC(C)(C)C)C(=O)OC(C)(C)C)nc(Cl)c1C. The van der Waals surface area contributed by atoms with E-state index < -0.39 is 23.4 Å². The van der Waals surface area contributed by atoms with Crippen LogP contribution in [-0.2, 0) is 15.9 Å². The summed E-state index contributed by atoms with van der Waals surface area (Å²) in [5, 5.41) is 0.139. The van der Waals surface area contributed by atoms with Crippen LogP contribution in [0, 0.1) is 19.8 Å². The quantitative estimate of drug-likeness (QED) is 0.389. The summed E-state index contributed by atoms with van der Waals surface area (Å²) in [6.45, 7) is 18.4. The lowest BCUT2D eigenvalue weighted by Crippen LogP contribution is -2.44. The van der Waals surface area contributed by atoms with E-state index in [1.165, 1.54) is 0 Å². The van der Waals surface area contributed by atoms with E-state index in [9.17, 15) is 9.59 Å². The fourth-order valence-electron chi connectivity index (χ4n) is 3.39. The number of carbonyl (C=O) groups is 2. The van der Waals surface area contributed by atoms with Crippen molar-refractivity contribution in [3.05, 3.63) is 40.0 Å². The van der Waals surface area contributed by atoms with Gasteiger partial charge < -0.3 is 9.47 Å². The first-order valence-electron chi connectivity index (χ1n) is 11.9. The Labute approximate surface area is 214 Å². The van der Waals surface area contributed by atoms with Gasteiger partial charge in [-0.2, -0.15) is 4.98 Å². The number of rotatable bonds is 5. The molecule has 1 heterocycles. The highest BCUT2D eigenvalue weighted by Crippen LogP contribution is 2.34. The van der Waals surface area contributed by atoms with Gasteiger partial charge in [-0.15, -0.1) is 4.90 Å². The third-order valence-electron chi connectivity index (χ3n) is 5.01. The molecule has 0 unspecified atom stereocenters. The lowest BCUT2D eigenvalue weighted by molar-refractivity contribution is 0.0427. The number of benzene rings is 1. The zero-order valence-corrected chi connectivity index (χ0v) is 23.3. The summed E-state index contributed by atoms with van der Waals surface area (Å²) in [6.07, 6.45) is -0.0272. The van der Waals surface area contributed by atoms with Crippen LogP contribution in [-0.4, -0.2) is 33.4 Å². The predicted octanol–water partition coefficient (Wildman–Crippen LogP) is 7.68. The smallest absolute Gasteiger partial charge is 0.427 e. The first-order valence-corrected chi connectivity index (χ1v) is 12.3. The van der Waals surface area contributed by atoms with Crippen molar-refractivity contribution in [1.82, 2.24) is 9.97 Å². The average Bonchev–Trinajstić information content (AvgIpc) is 2.66. The lowest BCUT2D eigenvalue weighted by atomic mass is 9.92. The number of carbonyl (C=O) groups excluding carboxylic acids is 2. The van der Waals surface area contributed by atoms with Crippen molar-refractivity contribution in [2.45, 2.75) is 93.3 Å². The maximum absolute atomic E-state index is 13.1. The molecule has 1 aromatic heterocycles. The van der Waals surface area contributed by atoms with Gasteiger partial charge >= 0.3 is 12.2 Å². The van der Waals surface area contributed by atoms with Crippen molar-refractivity contribution in [1.29, 1.82) is 0 Å². The molecule has 0 fully saturated rings. The van der Waals surface area contributed by atoms with Crippen LogP contribution in [0.1, 0.15) is 78.5 Å². The Morgan fingerprint density at radius 3 is 2.00 bits per heavy atom. The van der Waals surface area contributed by atoms with Gasteiger partial charge in [0.05, 0.1) is 5.69 Å². The van der Waals surface area contributed by atoms with E-state index in [2.05, 4.69) is 29.9 Å². The Morgan fingerprint density at radius 2 is 1.51 bits per heavy atom. The van der Waals surface area contributed by atoms with Gasteiger partial charge in [-0.05, 0) is 85.3 Å². The van der Waals surface area contributed by atoms with Crippen molar-refractivity contribution in [2.75, 3.05) is 4.90 Å². The minimum Gasteiger partial charge on any atom is -0.443 e. The zero-order valence-electron chi connectivity index (χ0n) is 22.6. The molecular weight excluding hydrogens is 466 g/mol. The van der Waals surface area contributed by atoms with Crippen molar-refractivity contribution >= 4 is 29.7 Å². The Morgan fingerprint density at radius 1 is 0.971 bits per heavy atom. The number of aryl methyl sites for hydroxylation is 2. The van der Waals surface area contributed by atoms with Crippen LogP contribution < -0.4 is 4.90 Å². The number of hydrogen-bond donors (Lipinski definition) is 0. The topological polar surface area (TPSA) is 81.6 Å². The molecule has 2 amide bonds. The molecule has 0 aliphatic rings. The molecule has 0 aliphatic carbocycles. The Hall–Kier alpha value is -2.67. The van der Waals surface area contributed by atoms with E-state index in [-0.39, 0.29) is 11.1 Å². The van der Waals surface area contributed by atoms with Gasteiger partial charge in [-0.1, -0.05) is 43.6 Å². The van der Waals surface area contributed by atoms with Gasteiger partial charge in [0.15, 0.2) is 0 Å². The summed E-state index contributed by atoms with van der Waals surface area (Å²) in [5.74, 6) is 0.334. The molecule has 0 bridgehead atoms. The van der Waals surface area contributed by atoms with E-state index in [1.54, 1.807) is 41.5 Å². The fraction of sp³-hybridized carbons (Fsp3) is 0.556. The number of aromatic nitrogens is 2. The third-order valence-corrected chi connectivity index (χ3v) is 5.38. The average molecular weight is 504 g/mol. The molecule has 7 nitrogen and oxygen atoms in total. The van der Waals surface area contributed by atoms with Gasteiger partial charge in [0, 0.05) is 11.1 Å².